The molecule has 9 N–H and O–H groups in total. The summed E-state index contributed by atoms with van der Waals surface area (Å²) in [6.07, 6.45) is 43.7. The summed E-state index contributed by atoms with van der Waals surface area (Å²) in [6.45, 7) is 2.61. The molecule has 0 radical (unpaired) electrons. The molecule has 6 unspecified atom stereocenters. The Morgan fingerprint density at radius 1 is 0.425 bits per heavy atom. The summed E-state index contributed by atoms with van der Waals surface area (Å²) in [5, 5.41) is 12.7. The van der Waals surface area contributed by atoms with E-state index in [1.165, 1.54) is 188 Å². The van der Waals surface area contributed by atoms with E-state index >= 15 is 0 Å². The molecule has 27 heteroatoms. The van der Waals surface area contributed by atoms with Gasteiger partial charge < -0.3 is 66.1 Å². The van der Waals surface area contributed by atoms with Gasteiger partial charge in [0.1, 0.15) is 16.6 Å². The smallest absolute Gasteiger partial charge is 0.870 e. The predicted molar refractivity (Wildman–Crippen MR) is 438 cm³/mol. The van der Waals surface area contributed by atoms with E-state index in [9.17, 15) is 33.9 Å². The number of benzene rings is 3. The van der Waals surface area contributed by atoms with Crippen LogP contribution in [-0.4, -0.2) is 196 Å². The molecule has 0 amide bonds. The summed E-state index contributed by atoms with van der Waals surface area (Å²) in [5.41, 5.74) is 19.8. The van der Waals surface area contributed by atoms with Crippen molar-refractivity contribution in [2.75, 3.05) is 63.3 Å². The van der Waals surface area contributed by atoms with Crippen molar-refractivity contribution in [2.24, 2.45) is 17.2 Å². The number of anilines is 2. The number of hydrogen-bond donors (Lipinski definition) is 5. The van der Waals surface area contributed by atoms with Crippen LogP contribution >= 0.6 is 11.6 Å². The van der Waals surface area contributed by atoms with Crippen LogP contribution < -0.4 is 78.6 Å². The predicted octanol–water partition coefficient (Wildman–Crippen LogP) is 8.44. The average Bonchev–Trinajstić information content (AvgIpc) is 1.72. The maximum atomic E-state index is 14.1. The number of para-hydroxylation sites is 6. The molecule has 9 aliphatic heterocycles. The molecule has 3 saturated carbocycles. The van der Waals surface area contributed by atoms with Gasteiger partial charge >= 0.3 is 47.5 Å². The first kappa shape index (κ1) is 85.0. The van der Waals surface area contributed by atoms with E-state index < -0.39 is 28.6 Å². The summed E-state index contributed by atoms with van der Waals surface area (Å²) >= 11 is 6.23. The molecule has 610 valence electrons. The fraction of sp³-hybridized carbons (Fsp3) is 0.686. The third kappa shape index (κ3) is 17.9. The first-order chi connectivity index (χ1) is 53.8. The van der Waals surface area contributed by atoms with Crippen molar-refractivity contribution < 1.29 is 64.0 Å². The quantitative estimate of drug-likeness (QED) is 0.0600. The molecule has 12 heterocycles. The number of carbonyl (C=O) groups excluding carboxylic acids is 2. The Hall–Kier alpha value is -5.94. The van der Waals surface area contributed by atoms with E-state index in [1.807, 2.05) is 91.4 Å². The van der Waals surface area contributed by atoms with Crippen LogP contribution in [-0.2, 0) is 23.9 Å². The van der Waals surface area contributed by atoms with Gasteiger partial charge in [-0.05, 0) is 178 Å². The topological polar surface area (TPSA) is 331 Å². The Labute approximate surface area is 692 Å². The first-order valence-electron chi connectivity index (χ1n) is 42.8. The number of aromatic nitrogens is 6. The van der Waals surface area contributed by atoms with Crippen molar-refractivity contribution in [1.82, 2.24) is 48.7 Å². The van der Waals surface area contributed by atoms with E-state index in [-0.39, 0.29) is 94.0 Å². The molecule has 113 heavy (non-hydrogen) atoms. The van der Waals surface area contributed by atoms with E-state index in [2.05, 4.69) is 29.7 Å². The Bertz CT molecular complexity index is 4420. The number of esters is 2. The second-order valence-electron chi connectivity index (χ2n) is 35.2. The van der Waals surface area contributed by atoms with E-state index in [1.54, 1.807) is 4.90 Å². The van der Waals surface area contributed by atoms with Gasteiger partial charge in [-0.1, -0.05) is 144 Å². The molecular formula is C86H123ClN15NaO10. The first-order valence-corrected chi connectivity index (χ1v) is 43.2. The fourth-order valence-corrected chi connectivity index (χ4v) is 22.9. The number of carboxylic acids is 1. The number of hydrogen-bond acceptors (Lipinski definition) is 21. The minimum atomic E-state index is -1.34. The van der Waals surface area contributed by atoms with Crippen LogP contribution in [0.3, 0.4) is 0 Å². The molecular weight excluding hydrogens is 1460 g/mol. The molecule has 3 aromatic heterocycles. The molecule has 12 fully saturated rings. The summed E-state index contributed by atoms with van der Waals surface area (Å²) in [5.74, 6) is -1.03. The third-order valence-corrected chi connectivity index (χ3v) is 28.4. The summed E-state index contributed by atoms with van der Waals surface area (Å²) < 4.78 is 15.5. The second-order valence-corrected chi connectivity index (χ2v) is 35.5. The molecule has 6 bridgehead atoms. The number of piperidine rings is 3. The van der Waals surface area contributed by atoms with Gasteiger partial charge in [0, 0.05) is 105 Å². The van der Waals surface area contributed by atoms with Crippen LogP contribution in [0.25, 0.3) is 33.1 Å². The molecule has 25 nitrogen and oxygen atoms in total. The summed E-state index contributed by atoms with van der Waals surface area (Å²) in [6, 6.07) is 29.9. The number of carbonyl (C=O) groups is 3. The number of nitrogens with one attached hydrogen (secondary N) is 1. The van der Waals surface area contributed by atoms with Crippen molar-refractivity contribution in [3.8, 4) is 0 Å². The maximum absolute atomic E-state index is 14.1. The molecule has 3 aromatic carbocycles. The van der Waals surface area contributed by atoms with Gasteiger partial charge in [0.25, 0.3) is 16.7 Å². The molecule has 3 aliphatic carbocycles. The third-order valence-electron chi connectivity index (χ3n) is 28.2. The number of halogens is 1. The van der Waals surface area contributed by atoms with Crippen molar-refractivity contribution in [3.05, 3.63) is 109 Å². The van der Waals surface area contributed by atoms with Gasteiger partial charge in [-0.15, -0.1) is 0 Å². The zero-order valence-corrected chi connectivity index (χ0v) is 70.0. The number of aliphatic carboxylic acids is 1. The minimum Gasteiger partial charge on any atom is -0.870 e. The Kier molecular flexibility index (Phi) is 28.1. The molecule has 6 aromatic rings. The summed E-state index contributed by atoms with van der Waals surface area (Å²) in [7, 11) is 2.72. The number of carboxylic acid groups (broad SMARTS) is 1. The van der Waals surface area contributed by atoms with Crippen LogP contribution in [0.4, 0.5) is 11.6 Å². The Morgan fingerprint density at radius 3 is 1.06 bits per heavy atom. The van der Waals surface area contributed by atoms with Gasteiger partial charge in [0.2, 0.25) is 0 Å². The van der Waals surface area contributed by atoms with E-state index in [4.69, 9.17) is 43.5 Å². The normalized spacial score (nSPS) is 30.7. The molecule has 9 saturated heterocycles. The van der Waals surface area contributed by atoms with Crippen molar-refractivity contribution in [3.63, 3.8) is 0 Å². The minimum absolute atomic E-state index is 0. The fourth-order valence-electron chi connectivity index (χ4n) is 22.7. The largest absolute Gasteiger partial charge is 1.00 e. The Balaban J connectivity index is 0.000000139. The molecule has 0 spiro atoms. The zero-order valence-electron chi connectivity index (χ0n) is 67.2. The van der Waals surface area contributed by atoms with Crippen LogP contribution in [0, 0.1) is 0 Å². The van der Waals surface area contributed by atoms with Crippen molar-refractivity contribution in [2.45, 2.75) is 320 Å². The van der Waals surface area contributed by atoms with Gasteiger partial charge in [-0.2, -0.15) is 0 Å². The SMILES string of the molecule is COC(=O)C1(N)CCN(c2nc3ccccc3n(C3C[C@H]4CC[C@@H](C3)N4C3CCCCCCC3)c2=O)C1.COC(=O)C1(N)CCNC1.NC1(C(=O)O)CCN(c2nc3ccccc3n(C3C[C@H]4CC[C@@H](C3)N4C3CCCCCCC3)c2=O)C1.O=c1c(Cl)nc2ccccc2n1C1C[C@H]2CC[C@@H](C1)N2C1CCCCCCC1.[Na+].[OH-]. The zero-order chi connectivity index (χ0) is 77.1. The van der Waals surface area contributed by atoms with Crippen LogP contribution in [0.5, 0.6) is 0 Å². The van der Waals surface area contributed by atoms with Gasteiger partial charge in [-0.3, -0.25) is 38.7 Å². The van der Waals surface area contributed by atoms with Crippen molar-refractivity contribution in [1.29, 1.82) is 0 Å². The number of nitrogens with zero attached hydrogens (tertiary/aromatic N) is 11. The van der Waals surface area contributed by atoms with E-state index in [0.29, 0.717) is 98.9 Å². The van der Waals surface area contributed by atoms with Gasteiger partial charge in [-0.25, -0.2) is 19.7 Å². The average molecular weight is 1590 g/mol. The number of nitrogens with two attached hydrogens (primary N) is 3. The molecule has 18 rings (SSSR count). The molecule has 12 aliphatic rings. The number of fused-ring (bicyclic) bond motifs is 9. The number of methoxy groups -OCH3 is 2. The van der Waals surface area contributed by atoms with Crippen molar-refractivity contribution >= 4 is 74.2 Å². The Morgan fingerprint density at radius 2 is 0.735 bits per heavy atom. The van der Waals surface area contributed by atoms with Crippen LogP contribution in [0.2, 0.25) is 5.15 Å². The number of ether oxygens (including phenoxy) is 2. The van der Waals surface area contributed by atoms with Crippen LogP contribution in [0.15, 0.2) is 87.2 Å². The number of rotatable bonds is 11. The van der Waals surface area contributed by atoms with E-state index in [0.717, 1.165) is 84.2 Å². The second kappa shape index (κ2) is 37.3. The maximum Gasteiger partial charge on any atom is 1.00 e. The molecule has 12 atom stereocenters. The standard InChI is InChI=1S/C29H41N5O3.C28H39N5O3.C23H30ClN3O.C6H12N2O2.Na.H2O/c1-37-28(36)29(30)15-16-32(19-29)26-27(35)34(25-12-8-7-11-24(25)31-26)23-17-21-13-14-22(18-23)33(21)20-9-5-3-2-4-6-10-20;29-28(27(35)36)14-15-31(18-28)25-26(34)33(24-11-7-6-10-23(24)30-25)22-16-20-12-13-21(17-22)32(20)19-8-4-2-1-3-5-9-19;24-22-23(28)27(21-11-7-6-10-20(21)25-22)19-14-17-12-13-18(15-19)26(17)16-8-4-2-1-3-5-9-16;1-10-5(9)6(7)2-3-8-4-6;;/h7-8,11-12,20-23H,2-6,9-10,13-19,30H2,1H3;6-7,10-11,19-22H,1-5,8-9,12-18,29H2,(H,35,36);6-7,10-11,16-19H,1-5,8-9,12-15H2;8H,2-4,7H2,1H3;;1H2/q;;;;+1;/p-1/t21-,22+,23?,29?;20-,21+,22?,28?;17-,18+,19?;;;. The van der Waals surface area contributed by atoms with Gasteiger partial charge in [0.05, 0.1) is 47.3 Å². The van der Waals surface area contributed by atoms with Crippen LogP contribution in [0.1, 0.15) is 249 Å². The monoisotopic (exact) mass is 1580 g/mol. The van der Waals surface area contributed by atoms with Gasteiger partial charge in [0.15, 0.2) is 16.8 Å². The summed E-state index contributed by atoms with van der Waals surface area (Å²) in [4.78, 5) is 102.